The lowest BCUT2D eigenvalue weighted by Crippen LogP contribution is -2.36. The maximum absolute atomic E-state index is 2.71. The molecule has 418 valence electrons. The first-order valence-electron chi connectivity index (χ1n) is 30.0. The molecule has 0 amide bonds. The Hall–Kier alpha value is -6.92. The number of fused-ring (bicyclic) bond motifs is 6. The maximum atomic E-state index is 2.71. The lowest BCUT2D eigenvalue weighted by Gasteiger charge is -2.43. The number of hydrogen-bond donors (Lipinski definition) is 0. The van der Waals surface area contributed by atoms with Gasteiger partial charge in [-0.2, -0.15) is 0 Å². The summed E-state index contributed by atoms with van der Waals surface area (Å²) in [4.78, 5) is 7.86. The molecule has 3 aliphatic carbocycles. The van der Waals surface area contributed by atoms with Crippen LogP contribution >= 0.6 is 45.3 Å². The normalized spacial score (nSPS) is 17.0. The Labute approximate surface area is 515 Å². The van der Waals surface area contributed by atoms with Gasteiger partial charge in [-0.05, 0) is 181 Å². The van der Waals surface area contributed by atoms with Gasteiger partial charge in [-0.3, -0.25) is 0 Å². The summed E-state index contributed by atoms with van der Waals surface area (Å²) in [6.45, 7) is 28.0. The monoisotopic (exact) mass is 1160 g/mol. The molecule has 4 heteroatoms. The zero-order valence-electron chi connectivity index (χ0n) is 50.6. The largest absolute Gasteiger partial charge is 0.143 e. The molecule has 0 N–H and O–H groups in total. The highest BCUT2D eigenvalue weighted by molar-refractivity contribution is 7.23. The first-order valence-corrected chi connectivity index (χ1v) is 33.4. The molecule has 0 nitrogen and oxygen atoms in total. The van der Waals surface area contributed by atoms with Gasteiger partial charge in [-0.15, -0.1) is 45.3 Å². The van der Waals surface area contributed by atoms with Gasteiger partial charge in [0, 0.05) is 41.1 Å². The van der Waals surface area contributed by atoms with Crippen molar-refractivity contribution in [1.29, 1.82) is 0 Å². The zero-order valence-corrected chi connectivity index (χ0v) is 53.8. The van der Waals surface area contributed by atoms with Crippen LogP contribution in [-0.2, 0) is 32.5 Å². The molecule has 7 aromatic carbocycles. The molecule has 0 bridgehead atoms. The number of thiophene rings is 4. The van der Waals surface area contributed by atoms with Gasteiger partial charge in [0.1, 0.15) is 0 Å². The van der Waals surface area contributed by atoms with Crippen LogP contribution in [0.25, 0.3) is 57.4 Å². The van der Waals surface area contributed by atoms with E-state index >= 15 is 0 Å². The first kappa shape index (κ1) is 55.0. The Kier molecular flexibility index (Phi) is 13.0. The van der Waals surface area contributed by atoms with E-state index in [-0.39, 0.29) is 33.5 Å². The molecule has 2 atom stereocenters. The molecule has 0 saturated heterocycles. The van der Waals surface area contributed by atoms with Gasteiger partial charge in [0.05, 0.1) is 10.8 Å². The predicted octanol–water partition coefficient (Wildman–Crippen LogP) is 23.3. The summed E-state index contributed by atoms with van der Waals surface area (Å²) < 4.78 is 0. The van der Waals surface area contributed by atoms with Crippen molar-refractivity contribution in [1.82, 2.24) is 0 Å². The standard InChI is InChI=1S/C80H74S4/c1-75(2,3)51-22-30-55(31-23-51)79(56-32-24-52(25-33-56)76(4,5)6)63-17-13-16-61-73-60-39-21-50(68-41-43-72(84-68)70-19-15-45-82-70)47-65(60)80(57-34-26-53(27-35-57)77(7,8)9,58-36-28-54(29-37-58)78(10,11)12)66(73)48-62(74(61)63)59-38-20-49(46-64(59)79)67-40-42-71(83-67)69-18-14-44-81-69/h13-48,60,65H,1-12H3. The Morgan fingerprint density at radius 3 is 1.35 bits per heavy atom. The van der Waals surface area contributed by atoms with E-state index in [9.17, 15) is 0 Å². The van der Waals surface area contributed by atoms with Crippen LogP contribution in [0.5, 0.6) is 0 Å². The van der Waals surface area contributed by atoms with Gasteiger partial charge in [0.15, 0.2) is 0 Å². The fraction of sp³-hybridized carbons (Fsp3) is 0.250. The van der Waals surface area contributed by atoms with Gasteiger partial charge in [0.2, 0.25) is 0 Å². The van der Waals surface area contributed by atoms with Crippen LogP contribution in [0, 0.1) is 5.92 Å². The zero-order chi connectivity index (χ0) is 58.3. The average Bonchev–Trinajstić information content (AvgIpc) is 0.887. The molecule has 0 fully saturated rings. The Balaban J connectivity index is 1.11. The third-order valence-corrected chi connectivity index (χ3v) is 23.3. The third-order valence-electron chi connectivity index (χ3n) is 18.9. The highest BCUT2D eigenvalue weighted by Crippen LogP contribution is 2.66. The van der Waals surface area contributed by atoms with Crippen molar-refractivity contribution in [2.75, 3.05) is 0 Å². The first-order chi connectivity index (χ1) is 40.1. The lowest BCUT2D eigenvalue weighted by molar-refractivity contribution is 0.457. The van der Waals surface area contributed by atoms with Crippen LogP contribution in [0.4, 0.5) is 0 Å². The van der Waals surface area contributed by atoms with E-state index in [2.05, 4.69) is 300 Å². The van der Waals surface area contributed by atoms with Crippen molar-refractivity contribution >= 4 is 61.7 Å². The Morgan fingerprint density at radius 1 is 0.381 bits per heavy atom. The lowest BCUT2D eigenvalue weighted by atomic mass is 9.58. The van der Waals surface area contributed by atoms with Gasteiger partial charge in [-0.1, -0.05) is 241 Å². The van der Waals surface area contributed by atoms with E-state index in [0.29, 0.717) is 0 Å². The van der Waals surface area contributed by atoms with Crippen molar-refractivity contribution in [3.8, 4) is 41.1 Å². The van der Waals surface area contributed by atoms with E-state index in [1.807, 2.05) is 45.3 Å². The Bertz CT molecular complexity index is 4230. The van der Waals surface area contributed by atoms with Crippen LogP contribution in [-0.4, -0.2) is 0 Å². The molecule has 2 unspecified atom stereocenters. The number of hydrogen-bond acceptors (Lipinski definition) is 4. The van der Waals surface area contributed by atoms with Crippen LogP contribution in [0.1, 0.15) is 161 Å². The fourth-order valence-corrected chi connectivity index (χ4v) is 18.1. The highest BCUT2D eigenvalue weighted by atomic mass is 32.1. The number of allylic oxidation sites excluding steroid dienone is 4. The summed E-state index contributed by atoms with van der Waals surface area (Å²) in [5.74, 6) is 0.141. The van der Waals surface area contributed by atoms with Crippen molar-refractivity contribution in [3.05, 3.63) is 289 Å². The van der Waals surface area contributed by atoms with Crippen molar-refractivity contribution in [2.24, 2.45) is 5.92 Å². The second-order valence-corrected chi connectivity index (χ2v) is 32.1. The van der Waals surface area contributed by atoms with E-state index < -0.39 is 10.8 Å². The molecule has 0 saturated carbocycles. The number of benzene rings is 7. The fourth-order valence-electron chi connectivity index (χ4n) is 14.4. The molecule has 0 spiro atoms. The third kappa shape index (κ3) is 8.74. The van der Waals surface area contributed by atoms with Gasteiger partial charge in [-0.25, -0.2) is 0 Å². The van der Waals surface area contributed by atoms with Crippen molar-refractivity contribution in [3.63, 3.8) is 0 Å². The maximum Gasteiger partial charge on any atom is 0.0714 e. The van der Waals surface area contributed by atoms with Crippen LogP contribution in [0.15, 0.2) is 217 Å². The highest BCUT2D eigenvalue weighted by Gasteiger charge is 2.56. The van der Waals surface area contributed by atoms with Gasteiger partial charge in [0.25, 0.3) is 0 Å². The molecular weight excluding hydrogens is 1090 g/mol. The SMILES string of the molecule is CC(C)(C)c1ccc(C2(c3ccc(C(C)(C)C)cc3)c3cc(-c4ccc(-c5cccs5)s4)ccc3-c3cc4c(c5cccc2c35)C2C=CC(c3ccc(-c5cccs5)s3)=CC2C4(c2ccc(C(C)(C)C)cc2)c2ccc(C(C)(C)C)cc2)cc1. The summed E-state index contributed by atoms with van der Waals surface area (Å²) in [5, 5.41) is 7.09. The molecule has 14 rings (SSSR count). The number of rotatable bonds is 8. The second-order valence-electron chi connectivity index (χ2n) is 28.1. The van der Waals surface area contributed by atoms with E-state index in [1.165, 1.54) is 129 Å². The van der Waals surface area contributed by atoms with Crippen molar-refractivity contribution < 1.29 is 0 Å². The topological polar surface area (TPSA) is 0 Å². The van der Waals surface area contributed by atoms with E-state index in [4.69, 9.17) is 0 Å². The minimum absolute atomic E-state index is 0.00311. The molecule has 4 heterocycles. The average molecular weight is 1160 g/mol. The minimum Gasteiger partial charge on any atom is -0.143 e. The van der Waals surface area contributed by atoms with Gasteiger partial charge >= 0.3 is 0 Å². The smallest absolute Gasteiger partial charge is 0.0714 e. The summed E-state index contributed by atoms with van der Waals surface area (Å²) >= 11 is 7.46. The molecule has 4 aromatic heterocycles. The second kappa shape index (κ2) is 19.8. The Morgan fingerprint density at radius 2 is 0.857 bits per heavy atom. The summed E-state index contributed by atoms with van der Waals surface area (Å²) in [6.07, 6.45) is 7.77. The van der Waals surface area contributed by atoms with Gasteiger partial charge < -0.3 is 0 Å². The summed E-state index contributed by atoms with van der Waals surface area (Å²) in [5.41, 5.74) is 20.0. The van der Waals surface area contributed by atoms with Crippen molar-refractivity contribution in [2.45, 2.75) is 121 Å². The quantitative estimate of drug-likeness (QED) is 0.142. The molecule has 84 heavy (non-hydrogen) atoms. The molecule has 0 radical (unpaired) electrons. The van der Waals surface area contributed by atoms with E-state index in [0.717, 1.165) is 0 Å². The predicted molar refractivity (Wildman–Crippen MR) is 366 cm³/mol. The van der Waals surface area contributed by atoms with Crippen LogP contribution in [0.2, 0.25) is 0 Å². The molecule has 0 aliphatic heterocycles. The van der Waals surface area contributed by atoms with E-state index in [1.54, 1.807) is 0 Å². The summed E-state index contributed by atoms with van der Waals surface area (Å²) in [7, 11) is 0. The summed E-state index contributed by atoms with van der Waals surface area (Å²) in [6, 6.07) is 75.1. The molecule has 3 aliphatic rings. The van der Waals surface area contributed by atoms with Crippen LogP contribution < -0.4 is 0 Å². The molecule has 11 aromatic rings. The minimum atomic E-state index is -0.678. The van der Waals surface area contributed by atoms with Crippen LogP contribution in [0.3, 0.4) is 0 Å². The molecular formula is C80H74S4.